The molecule has 0 saturated carbocycles. The molecule has 0 saturated heterocycles. The number of fused-ring (bicyclic) bond motifs is 2. The van der Waals surface area contributed by atoms with Crippen LogP contribution in [0.4, 0.5) is 8.78 Å². The van der Waals surface area contributed by atoms with Gasteiger partial charge in [0.2, 0.25) is 0 Å². The lowest BCUT2D eigenvalue weighted by Gasteiger charge is -2.07. The number of halogens is 3. The summed E-state index contributed by atoms with van der Waals surface area (Å²) in [6, 6.07) is 27.1. The van der Waals surface area contributed by atoms with Gasteiger partial charge in [0.1, 0.15) is 34.6 Å². The third-order valence-electron chi connectivity index (χ3n) is 6.28. The predicted molar refractivity (Wildman–Crippen MR) is 150 cm³/mol. The lowest BCUT2D eigenvalue weighted by molar-refractivity contribution is 0.468. The number of benzene rings is 6. The van der Waals surface area contributed by atoms with E-state index in [0.29, 0.717) is 22.1 Å². The Morgan fingerprint density at radius 3 is 1.54 bits per heavy atom. The molecule has 0 aliphatic heterocycles. The standard InChI is InChI=1S/C16H10ClFO2.C16H11FO2/c17-16-13-4-1-9(7-10(13)2-6-15(16)20)12-5-3-11(19)8-14(12)18;17-16-9-14(19)5-6-15(16)12-2-1-11-8-13(18)4-3-10(11)7-12/h1-8,19-20H;1-9,18-19H. The second kappa shape index (κ2) is 10.5. The summed E-state index contributed by atoms with van der Waals surface area (Å²) in [6.07, 6.45) is 0. The van der Waals surface area contributed by atoms with Crippen molar-refractivity contribution in [3.8, 4) is 45.3 Å². The van der Waals surface area contributed by atoms with Crippen LogP contribution >= 0.6 is 11.6 Å². The van der Waals surface area contributed by atoms with E-state index in [0.717, 1.165) is 33.9 Å². The maximum atomic E-state index is 13.9. The Balaban J connectivity index is 0.000000158. The fourth-order valence-corrected chi connectivity index (χ4v) is 4.56. The van der Waals surface area contributed by atoms with Crippen LogP contribution in [0.25, 0.3) is 43.8 Å². The first-order valence-electron chi connectivity index (χ1n) is 11.8. The van der Waals surface area contributed by atoms with Crippen LogP contribution in [0, 0.1) is 11.6 Å². The molecule has 0 aliphatic carbocycles. The average Bonchev–Trinajstić information content (AvgIpc) is 2.91. The number of hydrogen-bond donors (Lipinski definition) is 4. The first kappa shape index (κ1) is 25.8. The third-order valence-corrected chi connectivity index (χ3v) is 6.68. The zero-order valence-electron chi connectivity index (χ0n) is 20.2. The quantitative estimate of drug-likeness (QED) is 0.176. The van der Waals surface area contributed by atoms with Crippen LogP contribution in [0.15, 0.2) is 103 Å². The Kier molecular flexibility index (Phi) is 6.96. The van der Waals surface area contributed by atoms with Crippen LogP contribution in [0.3, 0.4) is 0 Å². The molecule has 7 heteroatoms. The van der Waals surface area contributed by atoms with Gasteiger partial charge in [0.05, 0.1) is 5.02 Å². The normalized spacial score (nSPS) is 10.8. The molecule has 6 rings (SSSR count). The van der Waals surface area contributed by atoms with Crippen LogP contribution in [0.5, 0.6) is 23.0 Å². The van der Waals surface area contributed by atoms with E-state index >= 15 is 0 Å². The van der Waals surface area contributed by atoms with Gasteiger partial charge >= 0.3 is 0 Å². The van der Waals surface area contributed by atoms with Crippen LogP contribution in [-0.4, -0.2) is 20.4 Å². The van der Waals surface area contributed by atoms with Gasteiger partial charge in [-0.25, -0.2) is 8.78 Å². The van der Waals surface area contributed by atoms with Crippen molar-refractivity contribution in [3.63, 3.8) is 0 Å². The second-order valence-electron chi connectivity index (χ2n) is 8.91. The van der Waals surface area contributed by atoms with E-state index < -0.39 is 11.6 Å². The van der Waals surface area contributed by atoms with Gasteiger partial charge < -0.3 is 20.4 Å². The summed E-state index contributed by atoms with van der Waals surface area (Å²) >= 11 is 6.02. The molecular weight excluding hydrogens is 522 g/mol. The molecule has 0 unspecified atom stereocenters. The largest absolute Gasteiger partial charge is 0.508 e. The summed E-state index contributed by atoms with van der Waals surface area (Å²) in [5.41, 5.74) is 2.24. The monoisotopic (exact) mass is 542 g/mol. The van der Waals surface area contributed by atoms with E-state index in [4.69, 9.17) is 11.6 Å². The number of phenolic OH excluding ortho intramolecular Hbond substituents is 4. The lowest BCUT2D eigenvalue weighted by atomic mass is 10.0. The summed E-state index contributed by atoms with van der Waals surface area (Å²) in [7, 11) is 0. The van der Waals surface area contributed by atoms with Gasteiger partial charge in [0, 0.05) is 28.6 Å². The molecular formula is C32H21ClF2O4. The molecule has 0 heterocycles. The summed E-state index contributed by atoms with van der Waals surface area (Å²) in [5.74, 6) is -0.932. The fourth-order valence-electron chi connectivity index (χ4n) is 4.32. The van der Waals surface area contributed by atoms with Crippen LogP contribution in [0.2, 0.25) is 5.02 Å². The topological polar surface area (TPSA) is 80.9 Å². The second-order valence-corrected chi connectivity index (χ2v) is 9.29. The number of phenols is 4. The van der Waals surface area contributed by atoms with Gasteiger partial charge in [-0.2, -0.15) is 0 Å². The predicted octanol–water partition coefficient (Wildman–Crippen LogP) is 8.77. The zero-order chi connectivity index (χ0) is 27.7. The van der Waals surface area contributed by atoms with Gasteiger partial charge in [-0.3, -0.25) is 0 Å². The first-order chi connectivity index (χ1) is 18.7. The van der Waals surface area contributed by atoms with Crippen molar-refractivity contribution >= 4 is 33.1 Å². The van der Waals surface area contributed by atoms with E-state index in [1.807, 2.05) is 12.1 Å². The molecule has 0 aliphatic rings. The Morgan fingerprint density at radius 2 is 0.923 bits per heavy atom. The molecule has 0 amide bonds. The average molecular weight is 543 g/mol. The minimum absolute atomic E-state index is 0.0164. The highest BCUT2D eigenvalue weighted by Gasteiger charge is 2.10. The summed E-state index contributed by atoms with van der Waals surface area (Å²) in [4.78, 5) is 0. The van der Waals surface area contributed by atoms with Crippen LogP contribution < -0.4 is 0 Å². The first-order valence-corrected chi connectivity index (χ1v) is 12.2. The van der Waals surface area contributed by atoms with E-state index in [9.17, 15) is 29.2 Å². The number of rotatable bonds is 2. The van der Waals surface area contributed by atoms with Crippen molar-refractivity contribution in [2.75, 3.05) is 0 Å². The van der Waals surface area contributed by atoms with Gasteiger partial charge in [-0.1, -0.05) is 48.0 Å². The van der Waals surface area contributed by atoms with Crippen molar-refractivity contribution in [2.24, 2.45) is 0 Å². The van der Waals surface area contributed by atoms with Gasteiger partial charge in [0.25, 0.3) is 0 Å². The minimum atomic E-state index is -0.491. The van der Waals surface area contributed by atoms with Crippen LogP contribution in [-0.2, 0) is 0 Å². The highest BCUT2D eigenvalue weighted by atomic mass is 35.5. The number of aromatic hydroxyl groups is 4. The summed E-state index contributed by atoms with van der Waals surface area (Å²) in [5, 5.41) is 41.0. The summed E-state index contributed by atoms with van der Waals surface area (Å²) < 4.78 is 27.7. The molecule has 0 radical (unpaired) electrons. The Hall–Kier alpha value is -4.81. The van der Waals surface area contributed by atoms with Crippen molar-refractivity contribution in [3.05, 3.63) is 120 Å². The molecule has 4 nitrogen and oxygen atoms in total. The molecule has 194 valence electrons. The summed E-state index contributed by atoms with van der Waals surface area (Å²) in [6.45, 7) is 0. The van der Waals surface area contributed by atoms with E-state index in [-0.39, 0.29) is 28.0 Å². The smallest absolute Gasteiger partial charge is 0.134 e. The molecule has 0 aromatic heterocycles. The molecule has 4 N–H and O–H groups in total. The molecule has 39 heavy (non-hydrogen) atoms. The third kappa shape index (κ3) is 5.42. The van der Waals surface area contributed by atoms with E-state index in [1.165, 1.54) is 24.3 Å². The molecule has 0 bridgehead atoms. The zero-order valence-corrected chi connectivity index (χ0v) is 21.0. The maximum Gasteiger partial charge on any atom is 0.134 e. The van der Waals surface area contributed by atoms with Gasteiger partial charge in [0.15, 0.2) is 0 Å². The Labute approximate surface area is 227 Å². The van der Waals surface area contributed by atoms with Crippen molar-refractivity contribution in [2.45, 2.75) is 0 Å². The van der Waals surface area contributed by atoms with Gasteiger partial charge in [-0.05, 0) is 81.9 Å². The minimum Gasteiger partial charge on any atom is -0.508 e. The maximum absolute atomic E-state index is 13.9. The number of hydrogen-bond acceptors (Lipinski definition) is 4. The highest BCUT2D eigenvalue weighted by Crippen LogP contribution is 2.35. The highest BCUT2D eigenvalue weighted by molar-refractivity contribution is 6.37. The Morgan fingerprint density at radius 1 is 0.462 bits per heavy atom. The molecule has 0 atom stereocenters. The molecule has 6 aromatic rings. The van der Waals surface area contributed by atoms with Crippen molar-refractivity contribution in [1.82, 2.24) is 0 Å². The lowest BCUT2D eigenvalue weighted by Crippen LogP contribution is -1.85. The molecule has 6 aromatic carbocycles. The fraction of sp³-hybridized carbons (Fsp3) is 0. The van der Waals surface area contributed by atoms with Gasteiger partial charge in [-0.15, -0.1) is 0 Å². The van der Waals surface area contributed by atoms with Crippen molar-refractivity contribution in [1.29, 1.82) is 0 Å². The molecule has 0 fully saturated rings. The van der Waals surface area contributed by atoms with Crippen LogP contribution in [0.1, 0.15) is 0 Å². The van der Waals surface area contributed by atoms with E-state index in [2.05, 4.69) is 0 Å². The van der Waals surface area contributed by atoms with Crippen molar-refractivity contribution < 1.29 is 29.2 Å². The SMILES string of the molecule is Oc1ccc(-c2ccc3c(Cl)c(O)ccc3c2)c(F)c1.Oc1ccc(-c2ccc3cc(O)ccc3c2)c(F)c1. The molecule has 0 spiro atoms. The van der Waals surface area contributed by atoms with E-state index in [1.54, 1.807) is 54.6 Å². The Bertz CT molecular complexity index is 1850.